The number of urea groups is 1. The molecule has 126 valence electrons. The van der Waals surface area contributed by atoms with Gasteiger partial charge in [0, 0.05) is 37.3 Å². The molecule has 1 saturated heterocycles. The summed E-state index contributed by atoms with van der Waals surface area (Å²) in [4.78, 5) is 25.6. The van der Waals surface area contributed by atoms with Crippen molar-refractivity contribution in [2.75, 3.05) is 38.2 Å². The van der Waals surface area contributed by atoms with E-state index in [1.54, 1.807) is 6.07 Å². The minimum absolute atomic E-state index is 0.141. The lowest BCUT2D eigenvalue weighted by molar-refractivity contribution is 0.0370. The largest absolute Gasteiger partial charge is 0.379 e. The Morgan fingerprint density at radius 3 is 2.54 bits per heavy atom. The van der Waals surface area contributed by atoms with Gasteiger partial charge < -0.3 is 15.8 Å². The molecule has 0 unspecified atom stereocenters. The summed E-state index contributed by atoms with van der Waals surface area (Å²) in [7, 11) is 0. The number of Topliss-reactive ketones (excluding diaryl/α,β-unsaturated/α-hetero) is 1. The minimum atomic E-state index is -0.593. The second kappa shape index (κ2) is 7.42. The van der Waals surface area contributed by atoms with Gasteiger partial charge in [-0.15, -0.1) is 0 Å². The van der Waals surface area contributed by atoms with Gasteiger partial charge in [-0.05, 0) is 29.0 Å². The van der Waals surface area contributed by atoms with Crippen molar-refractivity contribution in [2.45, 2.75) is 6.42 Å². The molecule has 24 heavy (non-hydrogen) atoms. The van der Waals surface area contributed by atoms with Gasteiger partial charge in [0.25, 0.3) is 0 Å². The second-order valence-electron chi connectivity index (χ2n) is 5.89. The van der Waals surface area contributed by atoms with Crippen LogP contribution in [0.5, 0.6) is 0 Å². The third-order valence-electron chi connectivity index (χ3n) is 4.19. The van der Waals surface area contributed by atoms with Crippen LogP contribution in [0.25, 0.3) is 10.8 Å². The van der Waals surface area contributed by atoms with E-state index in [1.165, 1.54) is 0 Å². The standard InChI is InChI=1S/C18H21N3O3/c19-18(23)20-16-4-3-13-11-15(2-1-14(13)12-16)17(22)5-6-21-7-9-24-10-8-21/h1-4,11-12H,5-10H2,(H3,19,20,23). The molecular weight excluding hydrogens is 306 g/mol. The number of benzene rings is 2. The molecule has 0 radical (unpaired) electrons. The fraction of sp³-hybridized carbons (Fsp3) is 0.333. The van der Waals surface area contributed by atoms with Crippen molar-refractivity contribution < 1.29 is 14.3 Å². The predicted octanol–water partition coefficient (Wildman–Crippen LogP) is 2.24. The Morgan fingerprint density at radius 2 is 1.79 bits per heavy atom. The lowest BCUT2D eigenvalue weighted by Gasteiger charge is -2.26. The summed E-state index contributed by atoms with van der Waals surface area (Å²) in [5.74, 6) is 0.141. The van der Waals surface area contributed by atoms with Gasteiger partial charge in [0.15, 0.2) is 5.78 Å². The molecule has 1 aliphatic rings. The topological polar surface area (TPSA) is 84.7 Å². The number of morpholine rings is 1. The number of amides is 2. The molecule has 0 atom stereocenters. The van der Waals surface area contributed by atoms with E-state index in [0.717, 1.165) is 43.6 Å². The van der Waals surface area contributed by atoms with Gasteiger partial charge in [-0.25, -0.2) is 4.79 Å². The Morgan fingerprint density at radius 1 is 1.08 bits per heavy atom. The van der Waals surface area contributed by atoms with Gasteiger partial charge in [0.2, 0.25) is 0 Å². The first-order valence-electron chi connectivity index (χ1n) is 8.05. The maximum atomic E-state index is 12.4. The van der Waals surface area contributed by atoms with E-state index in [-0.39, 0.29) is 5.78 Å². The zero-order valence-corrected chi connectivity index (χ0v) is 13.5. The summed E-state index contributed by atoms with van der Waals surface area (Å²) in [5.41, 5.74) is 6.48. The number of carbonyl (C=O) groups excluding carboxylic acids is 2. The number of hydrogen-bond acceptors (Lipinski definition) is 4. The van der Waals surface area contributed by atoms with Crippen LogP contribution in [0.2, 0.25) is 0 Å². The van der Waals surface area contributed by atoms with Crippen LogP contribution in [0.1, 0.15) is 16.8 Å². The highest BCUT2D eigenvalue weighted by molar-refractivity contribution is 6.01. The highest BCUT2D eigenvalue weighted by Gasteiger charge is 2.13. The molecule has 2 aromatic carbocycles. The predicted molar refractivity (Wildman–Crippen MR) is 93.4 cm³/mol. The second-order valence-corrected chi connectivity index (χ2v) is 5.89. The molecule has 0 aromatic heterocycles. The lowest BCUT2D eigenvalue weighted by Crippen LogP contribution is -2.37. The van der Waals surface area contributed by atoms with Gasteiger partial charge in [-0.2, -0.15) is 0 Å². The van der Waals surface area contributed by atoms with E-state index in [4.69, 9.17) is 10.5 Å². The van der Waals surface area contributed by atoms with Crippen LogP contribution >= 0.6 is 0 Å². The summed E-state index contributed by atoms with van der Waals surface area (Å²) in [6.45, 7) is 4.03. The fourth-order valence-electron chi connectivity index (χ4n) is 2.87. The number of nitrogens with two attached hydrogens (primary N) is 1. The fourth-order valence-corrected chi connectivity index (χ4v) is 2.87. The molecule has 2 amide bonds. The summed E-state index contributed by atoms with van der Waals surface area (Å²) in [6.07, 6.45) is 0.507. The van der Waals surface area contributed by atoms with Crippen LogP contribution in [0.4, 0.5) is 10.5 Å². The third kappa shape index (κ3) is 4.10. The molecule has 0 bridgehead atoms. The molecule has 3 N–H and O–H groups in total. The molecule has 0 spiro atoms. The molecule has 0 saturated carbocycles. The van der Waals surface area contributed by atoms with Crippen LogP contribution in [-0.2, 0) is 4.74 Å². The molecule has 3 rings (SSSR count). The average Bonchev–Trinajstić information content (AvgIpc) is 2.59. The highest BCUT2D eigenvalue weighted by atomic mass is 16.5. The number of ether oxygens (including phenoxy) is 1. The van der Waals surface area contributed by atoms with Crippen LogP contribution in [0, 0.1) is 0 Å². The molecule has 0 aliphatic carbocycles. The number of hydrogen-bond donors (Lipinski definition) is 2. The first kappa shape index (κ1) is 16.4. The third-order valence-corrected chi connectivity index (χ3v) is 4.19. The number of nitrogens with one attached hydrogen (secondary N) is 1. The Hall–Kier alpha value is -2.44. The molecule has 1 heterocycles. The maximum absolute atomic E-state index is 12.4. The van der Waals surface area contributed by atoms with Crippen LogP contribution in [-0.4, -0.2) is 49.6 Å². The van der Waals surface area contributed by atoms with E-state index >= 15 is 0 Å². The Labute approximate surface area is 140 Å². The number of ketones is 1. The van der Waals surface area contributed by atoms with Crippen molar-refractivity contribution in [3.05, 3.63) is 42.0 Å². The molecule has 6 heteroatoms. The van der Waals surface area contributed by atoms with Crippen molar-refractivity contribution in [3.8, 4) is 0 Å². The van der Waals surface area contributed by atoms with Gasteiger partial charge in [0.1, 0.15) is 0 Å². The molecular formula is C18H21N3O3. The highest BCUT2D eigenvalue weighted by Crippen LogP contribution is 2.21. The zero-order chi connectivity index (χ0) is 16.9. The number of primary amides is 1. The number of fused-ring (bicyclic) bond motifs is 1. The molecule has 1 fully saturated rings. The van der Waals surface area contributed by atoms with Crippen molar-refractivity contribution in [2.24, 2.45) is 5.73 Å². The van der Waals surface area contributed by atoms with Crippen molar-refractivity contribution in [3.63, 3.8) is 0 Å². The smallest absolute Gasteiger partial charge is 0.316 e. The maximum Gasteiger partial charge on any atom is 0.316 e. The van der Waals surface area contributed by atoms with Gasteiger partial charge >= 0.3 is 6.03 Å². The number of nitrogens with zero attached hydrogens (tertiary/aromatic N) is 1. The van der Waals surface area contributed by atoms with Crippen LogP contribution < -0.4 is 11.1 Å². The average molecular weight is 327 g/mol. The van der Waals surface area contributed by atoms with E-state index in [9.17, 15) is 9.59 Å². The SMILES string of the molecule is NC(=O)Nc1ccc2cc(C(=O)CCN3CCOCC3)ccc2c1. The zero-order valence-electron chi connectivity index (χ0n) is 13.5. The Balaban J connectivity index is 1.67. The summed E-state index contributed by atoms with van der Waals surface area (Å²) < 4.78 is 5.31. The quantitative estimate of drug-likeness (QED) is 0.825. The molecule has 2 aromatic rings. The first-order valence-corrected chi connectivity index (χ1v) is 8.05. The van der Waals surface area contributed by atoms with E-state index in [1.807, 2.05) is 30.3 Å². The summed E-state index contributed by atoms with van der Waals surface area (Å²) >= 11 is 0. The van der Waals surface area contributed by atoms with Crippen LogP contribution in [0.3, 0.4) is 0 Å². The summed E-state index contributed by atoms with van der Waals surface area (Å²) in [5, 5.41) is 4.46. The lowest BCUT2D eigenvalue weighted by atomic mass is 10.0. The number of carbonyl (C=O) groups is 2. The minimum Gasteiger partial charge on any atom is -0.379 e. The normalized spacial score (nSPS) is 15.3. The van der Waals surface area contributed by atoms with E-state index in [0.29, 0.717) is 17.7 Å². The van der Waals surface area contributed by atoms with Gasteiger partial charge in [0.05, 0.1) is 13.2 Å². The van der Waals surface area contributed by atoms with Gasteiger partial charge in [-0.1, -0.05) is 18.2 Å². The summed E-state index contributed by atoms with van der Waals surface area (Å²) in [6, 6.07) is 10.5. The first-order chi connectivity index (χ1) is 11.6. The van der Waals surface area contributed by atoms with Crippen LogP contribution in [0.15, 0.2) is 36.4 Å². The van der Waals surface area contributed by atoms with E-state index in [2.05, 4.69) is 10.2 Å². The van der Waals surface area contributed by atoms with Crippen molar-refractivity contribution >= 4 is 28.3 Å². The van der Waals surface area contributed by atoms with Gasteiger partial charge in [-0.3, -0.25) is 9.69 Å². The van der Waals surface area contributed by atoms with Crippen molar-refractivity contribution in [1.82, 2.24) is 4.90 Å². The van der Waals surface area contributed by atoms with Crippen molar-refractivity contribution in [1.29, 1.82) is 0 Å². The number of anilines is 1. The number of rotatable bonds is 5. The monoisotopic (exact) mass is 327 g/mol. The Kier molecular flexibility index (Phi) is 5.08. The molecule has 6 nitrogen and oxygen atoms in total. The Bertz CT molecular complexity index is 754. The van der Waals surface area contributed by atoms with E-state index < -0.39 is 6.03 Å². The molecule has 1 aliphatic heterocycles.